The lowest BCUT2D eigenvalue weighted by Crippen LogP contribution is -2.74. The molecule has 1 aromatic carbocycles. The van der Waals surface area contributed by atoms with E-state index in [1.165, 1.54) is 7.11 Å². The maximum absolute atomic E-state index is 13.2. The minimum Gasteiger partial charge on any atom is -0.493 e. The van der Waals surface area contributed by atoms with Crippen molar-refractivity contribution in [2.45, 2.75) is 74.4 Å². The van der Waals surface area contributed by atoms with Crippen molar-refractivity contribution < 1.29 is 53.1 Å². The number of carbonyl (C=O) groups is 4. The maximum Gasteiger partial charge on any atom is 0.348 e. The highest BCUT2D eigenvalue weighted by Gasteiger charge is 2.72. The number of carboxylic acid groups (broad SMARTS) is 1. The van der Waals surface area contributed by atoms with Crippen molar-refractivity contribution in [1.82, 2.24) is 4.90 Å². The smallest absolute Gasteiger partial charge is 0.348 e. The van der Waals surface area contributed by atoms with Crippen molar-refractivity contribution in [3.8, 4) is 11.5 Å². The predicted molar refractivity (Wildman–Crippen MR) is 139 cm³/mol. The molecule has 1 spiro atoms. The molecule has 41 heavy (non-hydrogen) atoms. The van der Waals surface area contributed by atoms with Crippen LogP contribution >= 0.6 is 0 Å². The molecule has 6 atom stereocenters. The van der Waals surface area contributed by atoms with Gasteiger partial charge in [0.1, 0.15) is 5.76 Å². The molecule has 1 saturated heterocycles. The maximum atomic E-state index is 13.2. The standard InChI is InChI=1S/C28H34N2O11/c1-14(25(33)34)38-26(35)18(40-20(31)7-10-29)13-21(32)39-17-6-8-28(36)19-12-15-4-5-16(37-3)23-22(15)27(28,24(17)41-23)9-11-30(19)2/h4-6,14,18-19,24,36H,7-13,29H2,1-3H3,(H,33,34)/t14-,18-,19-,24+,27+,28-/m0/s1. The number of methoxy groups -OCH3 is 1. The Labute approximate surface area is 236 Å². The third-order valence-corrected chi connectivity index (χ3v) is 8.67. The van der Waals surface area contributed by atoms with Gasteiger partial charge in [0.25, 0.3) is 0 Å². The van der Waals surface area contributed by atoms with Gasteiger partial charge in [0.15, 0.2) is 23.7 Å². The van der Waals surface area contributed by atoms with Crippen LogP contribution in [0.1, 0.15) is 43.7 Å². The van der Waals surface area contributed by atoms with Crippen molar-refractivity contribution in [1.29, 1.82) is 0 Å². The van der Waals surface area contributed by atoms with Crippen molar-refractivity contribution >= 4 is 23.9 Å². The van der Waals surface area contributed by atoms with E-state index >= 15 is 0 Å². The molecule has 1 fully saturated rings. The number of rotatable bonds is 10. The minimum atomic E-state index is -1.75. The third-order valence-electron chi connectivity index (χ3n) is 8.67. The van der Waals surface area contributed by atoms with Crippen LogP contribution in [0.15, 0.2) is 24.0 Å². The van der Waals surface area contributed by atoms with Gasteiger partial charge in [-0.25, -0.2) is 9.59 Å². The Morgan fingerprint density at radius 2 is 1.98 bits per heavy atom. The Morgan fingerprint density at radius 1 is 1.22 bits per heavy atom. The van der Waals surface area contributed by atoms with E-state index in [1.54, 1.807) is 6.08 Å². The van der Waals surface area contributed by atoms with E-state index in [4.69, 9.17) is 34.5 Å². The highest BCUT2D eigenvalue weighted by Crippen LogP contribution is 2.65. The van der Waals surface area contributed by atoms with Gasteiger partial charge in [-0.2, -0.15) is 0 Å². The number of likely N-dealkylation sites (N-methyl/N-ethyl adjacent to an activating group) is 1. The molecule has 222 valence electrons. The number of ether oxygens (including phenoxy) is 5. The van der Waals surface area contributed by atoms with Gasteiger partial charge >= 0.3 is 23.9 Å². The zero-order chi connectivity index (χ0) is 29.7. The predicted octanol–water partition coefficient (Wildman–Crippen LogP) is 0.183. The van der Waals surface area contributed by atoms with E-state index in [2.05, 4.69) is 4.90 Å². The summed E-state index contributed by atoms with van der Waals surface area (Å²) in [6, 6.07) is 3.60. The molecule has 1 aromatic rings. The molecule has 5 rings (SSSR count). The van der Waals surface area contributed by atoms with Gasteiger partial charge in [0.05, 0.1) is 31.0 Å². The highest BCUT2D eigenvalue weighted by atomic mass is 16.6. The summed E-state index contributed by atoms with van der Waals surface area (Å²) in [5.74, 6) is -3.26. The summed E-state index contributed by atoms with van der Waals surface area (Å²) in [5, 5.41) is 21.4. The summed E-state index contributed by atoms with van der Waals surface area (Å²) in [6.45, 7) is 1.74. The fourth-order valence-electron chi connectivity index (χ4n) is 6.72. The van der Waals surface area contributed by atoms with Gasteiger partial charge < -0.3 is 44.5 Å². The molecule has 2 heterocycles. The summed E-state index contributed by atoms with van der Waals surface area (Å²) in [4.78, 5) is 51.2. The molecular weight excluding hydrogens is 540 g/mol. The van der Waals surface area contributed by atoms with E-state index in [1.807, 2.05) is 19.2 Å². The van der Waals surface area contributed by atoms with Crippen molar-refractivity contribution in [3.05, 3.63) is 35.1 Å². The topological polar surface area (TPSA) is 184 Å². The van der Waals surface area contributed by atoms with Crippen molar-refractivity contribution in [2.24, 2.45) is 5.73 Å². The number of hydrogen-bond donors (Lipinski definition) is 3. The number of nitrogens with two attached hydrogens (primary N) is 1. The summed E-state index contributed by atoms with van der Waals surface area (Å²) in [7, 11) is 3.51. The Morgan fingerprint density at radius 3 is 2.66 bits per heavy atom. The average Bonchev–Trinajstić information content (AvgIpc) is 3.27. The molecule has 0 aromatic heterocycles. The normalized spacial score (nSPS) is 28.8. The summed E-state index contributed by atoms with van der Waals surface area (Å²) in [6.07, 6.45) is -2.16. The van der Waals surface area contributed by atoms with E-state index in [0.717, 1.165) is 18.1 Å². The van der Waals surface area contributed by atoms with Crippen LogP contribution < -0.4 is 15.2 Å². The second kappa shape index (κ2) is 10.6. The lowest BCUT2D eigenvalue weighted by molar-refractivity contribution is -0.179. The molecular formula is C28H34N2O11. The fourth-order valence-corrected chi connectivity index (χ4v) is 6.72. The van der Waals surface area contributed by atoms with Crippen LogP contribution in [-0.4, -0.2) is 96.2 Å². The largest absolute Gasteiger partial charge is 0.493 e. The lowest BCUT2D eigenvalue weighted by atomic mass is 9.50. The van der Waals surface area contributed by atoms with Gasteiger partial charge in [-0.05, 0) is 51.1 Å². The zero-order valence-electron chi connectivity index (χ0n) is 23.1. The second-order valence-electron chi connectivity index (χ2n) is 10.9. The Bertz CT molecular complexity index is 1310. The lowest BCUT2D eigenvalue weighted by Gasteiger charge is -2.61. The minimum absolute atomic E-state index is 0.0599. The number of piperidine rings is 1. The Kier molecular flexibility index (Phi) is 7.47. The van der Waals surface area contributed by atoms with Crippen molar-refractivity contribution in [3.63, 3.8) is 0 Å². The molecule has 4 N–H and O–H groups in total. The number of aliphatic carboxylic acids is 1. The highest BCUT2D eigenvalue weighted by molar-refractivity contribution is 5.86. The zero-order valence-corrected chi connectivity index (χ0v) is 23.1. The number of nitrogens with zero attached hydrogens (tertiary/aromatic N) is 1. The SMILES string of the molecule is COc1ccc2c3c1O[C@@H]1C(OC(=O)C[C@H](OC(=O)CCN)C(=O)O[C@@H](C)C(=O)O)=CC[C@]4(O)[C@H](C2)N(C)CC[C@@]314. The van der Waals surface area contributed by atoms with Crippen LogP contribution in [0.5, 0.6) is 11.5 Å². The van der Waals surface area contributed by atoms with Crippen LogP contribution in [0.2, 0.25) is 0 Å². The molecule has 0 amide bonds. The fraction of sp³-hybridized carbons (Fsp3) is 0.571. The third kappa shape index (κ3) is 4.52. The van der Waals surface area contributed by atoms with Crippen LogP contribution in [-0.2, 0) is 45.2 Å². The molecule has 0 saturated carbocycles. The van der Waals surface area contributed by atoms with Crippen LogP contribution in [0, 0.1) is 0 Å². The molecule has 4 aliphatic rings. The monoisotopic (exact) mass is 574 g/mol. The first-order chi connectivity index (χ1) is 19.5. The van der Waals surface area contributed by atoms with E-state index < -0.39 is 59.6 Å². The number of hydrogen-bond acceptors (Lipinski definition) is 12. The summed E-state index contributed by atoms with van der Waals surface area (Å²) >= 11 is 0. The molecule has 0 unspecified atom stereocenters. The van der Waals surface area contributed by atoms with E-state index in [-0.39, 0.29) is 31.2 Å². The summed E-state index contributed by atoms with van der Waals surface area (Å²) in [5.41, 5.74) is 5.15. The number of esters is 3. The number of carbonyl (C=O) groups excluding carboxylic acids is 3. The molecule has 0 radical (unpaired) electrons. The van der Waals surface area contributed by atoms with Gasteiger partial charge in [-0.15, -0.1) is 0 Å². The molecule has 2 aliphatic carbocycles. The van der Waals surface area contributed by atoms with Crippen molar-refractivity contribution in [2.75, 3.05) is 27.2 Å². The second-order valence-corrected chi connectivity index (χ2v) is 10.9. The summed E-state index contributed by atoms with van der Waals surface area (Å²) < 4.78 is 27.7. The van der Waals surface area contributed by atoms with Gasteiger partial charge in [-0.1, -0.05) is 6.07 Å². The van der Waals surface area contributed by atoms with Crippen LogP contribution in [0.3, 0.4) is 0 Å². The van der Waals surface area contributed by atoms with E-state index in [9.17, 15) is 24.3 Å². The number of likely N-dealkylation sites (tertiary alicyclic amines) is 1. The first-order valence-corrected chi connectivity index (χ1v) is 13.5. The van der Waals surface area contributed by atoms with Gasteiger partial charge in [-0.3, -0.25) is 9.59 Å². The van der Waals surface area contributed by atoms with Crippen LogP contribution in [0.25, 0.3) is 0 Å². The number of benzene rings is 1. The average molecular weight is 575 g/mol. The number of carboxylic acids is 1. The van der Waals surface area contributed by atoms with E-state index in [0.29, 0.717) is 30.9 Å². The van der Waals surface area contributed by atoms with Gasteiger partial charge in [0.2, 0.25) is 6.10 Å². The number of aliphatic hydroxyl groups is 1. The first kappa shape index (κ1) is 28.8. The Hall–Kier alpha value is -3.68. The van der Waals surface area contributed by atoms with Gasteiger partial charge in [0, 0.05) is 24.6 Å². The molecule has 2 bridgehead atoms. The quantitative estimate of drug-likeness (QED) is 0.254. The first-order valence-electron chi connectivity index (χ1n) is 13.5. The Balaban J connectivity index is 1.43. The molecule has 13 nitrogen and oxygen atoms in total. The molecule has 13 heteroatoms. The molecule has 2 aliphatic heterocycles. The van der Waals surface area contributed by atoms with Crippen LogP contribution in [0.4, 0.5) is 0 Å².